The van der Waals surface area contributed by atoms with E-state index in [1.165, 1.54) is 38.5 Å². The van der Waals surface area contributed by atoms with E-state index in [0.29, 0.717) is 0 Å². The van der Waals surface area contributed by atoms with Gasteiger partial charge in [0.05, 0.1) is 0 Å². The molecule has 1 rings (SSSR count). The molecule has 1 fully saturated rings. The van der Waals surface area contributed by atoms with Gasteiger partial charge in [-0.2, -0.15) is 0 Å². The molecule has 1 aliphatic heterocycles. The molecule has 0 spiro atoms. The number of carbonyl (C=O) groups excluding carboxylic acids is 2. The molecule has 0 aliphatic carbocycles. The smallest absolute Gasteiger partial charge is 0.230 e. The Morgan fingerprint density at radius 3 is 1.53 bits per heavy atom. The fraction of sp³-hybridized carbons (Fsp3) is 0.875. The topological polar surface area (TPSA) is 46.2 Å². The Labute approximate surface area is 117 Å². The summed E-state index contributed by atoms with van der Waals surface area (Å²) < 4.78 is 0. The molecule has 0 radical (unpaired) electrons. The van der Waals surface area contributed by atoms with Crippen LogP contribution in [0.4, 0.5) is 0 Å². The van der Waals surface area contributed by atoms with Gasteiger partial charge in [0.25, 0.3) is 0 Å². The molecule has 3 nitrogen and oxygen atoms in total. The maximum Gasteiger partial charge on any atom is 0.230 e. The Morgan fingerprint density at radius 2 is 1.16 bits per heavy atom. The van der Waals surface area contributed by atoms with Gasteiger partial charge in [0.2, 0.25) is 11.8 Å². The molecule has 3 heteroatoms. The number of carbonyl (C=O) groups is 2. The van der Waals surface area contributed by atoms with E-state index in [0.717, 1.165) is 25.7 Å². The van der Waals surface area contributed by atoms with E-state index in [4.69, 9.17) is 0 Å². The highest BCUT2D eigenvalue weighted by atomic mass is 16.2. The Bertz CT molecular complexity index is 260. The van der Waals surface area contributed by atoms with Gasteiger partial charge < -0.3 is 0 Å². The lowest BCUT2D eigenvalue weighted by Crippen LogP contribution is -2.22. The second-order valence-electron chi connectivity index (χ2n) is 5.77. The average molecular weight is 267 g/mol. The van der Waals surface area contributed by atoms with Crippen LogP contribution in [0.5, 0.6) is 0 Å². The molecule has 0 aromatic rings. The first-order valence-electron chi connectivity index (χ1n) is 8.05. The minimum Gasteiger partial charge on any atom is -0.296 e. The second-order valence-corrected chi connectivity index (χ2v) is 5.77. The van der Waals surface area contributed by atoms with E-state index in [-0.39, 0.29) is 23.7 Å². The van der Waals surface area contributed by atoms with Gasteiger partial charge in [-0.3, -0.25) is 14.9 Å². The Kier molecular flexibility index (Phi) is 7.76. The number of imide groups is 1. The number of nitrogens with one attached hydrogen (secondary N) is 1. The third-order valence-electron chi connectivity index (χ3n) is 4.14. The lowest BCUT2D eigenvalue weighted by Gasteiger charge is -2.15. The maximum absolute atomic E-state index is 11.8. The zero-order chi connectivity index (χ0) is 14.1. The number of amides is 2. The first kappa shape index (κ1) is 16.2. The predicted octanol–water partition coefficient (Wildman–Crippen LogP) is 3.82. The summed E-state index contributed by atoms with van der Waals surface area (Å²) in [4.78, 5) is 23.6. The Hall–Kier alpha value is -0.860. The van der Waals surface area contributed by atoms with Crippen LogP contribution in [0, 0.1) is 11.8 Å². The highest BCUT2D eigenvalue weighted by Gasteiger charge is 2.40. The molecule has 2 amide bonds. The third-order valence-corrected chi connectivity index (χ3v) is 4.14. The summed E-state index contributed by atoms with van der Waals surface area (Å²) in [5.41, 5.74) is 0. The monoisotopic (exact) mass is 267 g/mol. The van der Waals surface area contributed by atoms with E-state index < -0.39 is 0 Å². The molecule has 1 N–H and O–H groups in total. The van der Waals surface area contributed by atoms with Gasteiger partial charge >= 0.3 is 0 Å². The van der Waals surface area contributed by atoms with Crippen molar-refractivity contribution >= 4 is 11.8 Å². The van der Waals surface area contributed by atoms with Crippen molar-refractivity contribution < 1.29 is 9.59 Å². The lowest BCUT2D eigenvalue weighted by molar-refractivity contribution is -0.126. The normalized spacial score (nSPS) is 22.8. The SMILES string of the molecule is CCCCCCC1C(=O)NC(=O)C1CCCCCC. The maximum atomic E-state index is 11.8. The molecular weight excluding hydrogens is 238 g/mol. The van der Waals surface area contributed by atoms with E-state index >= 15 is 0 Å². The van der Waals surface area contributed by atoms with Gasteiger partial charge in [-0.1, -0.05) is 65.2 Å². The third kappa shape index (κ3) is 5.33. The summed E-state index contributed by atoms with van der Waals surface area (Å²) in [5.74, 6) is -0.152. The van der Waals surface area contributed by atoms with Crippen molar-refractivity contribution in [2.45, 2.75) is 78.1 Å². The van der Waals surface area contributed by atoms with Crippen molar-refractivity contribution in [1.29, 1.82) is 0 Å². The largest absolute Gasteiger partial charge is 0.296 e. The van der Waals surface area contributed by atoms with E-state index in [1.54, 1.807) is 0 Å². The summed E-state index contributed by atoms with van der Waals surface area (Å²) >= 11 is 0. The minimum atomic E-state index is -0.0500. The summed E-state index contributed by atoms with van der Waals surface area (Å²) in [6, 6.07) is 0. The molecular formula is C16H29NO2. The minimum absolute atomic E-state index is 0.0259. The summed E-state index contributed by atoms with van der Waals surface area (Å²) in [6.45, 7) is 4.37. The molecule has 1 heterocycles. The second kappa shape index (κ2) is 9.11. The van der Waals surface area contributed by atoms with Crippen molar-refractivity contribution in [3.05, 3.63) is 0 Å². The van der Waals surface area contributed by atoms with Gasteiger partial charge in [0.1, 0.15) is 0 Å². The fourth-order valence-corrected chi connectivity index (χ4v) is 2.92. The summed E-state index contributed by atoms with van der Waals surface area (Å²) in [7, 11) is 0. The van der Waals surface area contributed by atoms with Crippen LogP contribution in [0.1, 0.15) is 78.1 Å². The van der Waals surface area contributed by atoms with Crippen molar-refractivity contribution in [3.8, 4) is 0 Å². The average Bonchev–Trinajstić information content (AvgIpc) is 2.65. The van der Waals surface area contributed by atoms with E-state index in [1.807, 2.05) is 0 Å². The van der Waals surface area contributed by atoms with Crippen molar-refractivity contribution in [2.24, 2.45) is 11.8 Å². The zero-order valence-electron chi connectivity index (χ0n) is 12.5. The highest BCUT2D eigenvalue weighted by Crippen LogP contribution is 2.29. The molecule has 1 saturated heterocycles. The standard InChI is InChI=1S/C16H29NO2/c1-3-5-7-9-11-13-14(12-10-8-6-4-2)16(19)17-15(13)18/h13-14H,3-12H2,1-2H3,(H,17,18,19). The van der Waals surface area contributed by atoms with Crippen molar-refractivity contribution in [3.63, 3.8) is 0 Å². The van der Waals surface area contributed by atoms with E-state index in [2.05, 4.69) is 19.2 Å². The molecule has 2 atom stereocenters. The van der Waals surface area contributed by atoms with Crippen LogP contribution < -0.4 is 5.32 Å². The Morgan fingerprint density at radius 1 is 0.737 bits per heavy atom. The summed E-state index contributed by atoms with van der Waals surface area (Å²) in [6.07, 6.45) is 11.1. The van der Waals surface area contributed by atoms with Crippen LogP contribution in [-0.4, -0.2) is 11.8 Å². The van der Waals surface area contributed by atoms with Gasteiger partial charge in [-0.15, -0.1) is 0 Å². The molecule has 19 heavy (non-hydrogen) atoms. The van der Waals surface area contributed by atoms with Crippen molar-refractivity contribution in [1.82, 2.24) is 5.32 Å². The van der Waals surface area contributed by atoms with Crippen LogP contribution in [0.2, 0.25) is 0 Å². The lowest BCUT2D eigenvalue weighted by atomic mass is 9.86. The van der Waals surface area contributed by atoms with E-state index in [9.17, 15) is 9.59 Å². The first-order chi connectivity index (χ1) is 9.20. The number of hydrogen-bond donors (Lipinski definition) is 1. The van der Waals surface area contributed by atoms with Crippen LogP contribution in [0.25, 0.3) is 0 Å². The van der Waals surface area contributed by atoms with Crippen LogP contribution in [0.15, 0.2) is 0 Å². The molecule has 110 valence electrons. The molecule has 0 aromatic heterocycles. The first-order valence-corrected chi connectivity index (χ1v) is 8.05. The zero-order valence-corrected chi connectivity index (χ0v) is 12.5. The molecule has 0 saturated carbocycles. The number of unbranched alkanes of at least 4 members (excludes halogenated alkanes) is 6. The van der Waals surface area contributed by atoms with Gasteiger partial charge in [-0.25, -0.2) is 0 Å². The van der Waals surface area contributed by atoms with Crippen LogP contribution in [0.3, 0.4) is 0 Å². The van der Waals surface area contributed by atoms with Gasteiger partial charge in [0.15, 0.2) is 0 Å². The predicted molar refractivity (Wildman–Crippen MR) is 77.6 cm³/mol. The van der Waals surface area contributed by atoms with Crippen LogP contribution >= 0.6 is 0 Å². The van der Waals surface area contributed by atoms with Crippen LogP contribution in [-0.2, 0) is 9.59 Å². The van der Waals surface area contributed by atoms with Gasteiger partial charge in [-0.05, 0) is 12.8 Å². The molecule has 0 aromatic carbocycles. The van der Waals surface area contributed by atoms with Crippen molar-refractivity contribution in [2.75, 3.05) is 0 Å². The molecule has 2 unspecified atom stereocenters. The van der Waals surface area contributed by atoms with Gasteiger partial charge in [0, 0.05) is 11.8 Å². The molecule has 0 bridgehead atoms. The number of hydrogen-bond acceptors (Lipinski definition) is 2. The quantitative estimate of drug-likeness (QED) is 0.483. The highest BCUT2D eigenvalue weighted by molar-refractivity contribution is 6.04. The number of rotatable bonds is 10. The summed E-state index contributed by atoms with van der Waals surface area (Å²) in [5, 5.41) is 2.52. The fourth-order valence-electron chi connectivity index (χ4n) is 2.92. The Balaban J connectivity index is 2.36. The molecule has 1 aliphatic rings.